The Morgan fingerprint density at radius 3 is 1.21 bits per heavy atom. The Morgan fingerprint density at radius 2 is 0.825 bits per heavy atom. The summed E-state index contributed by atoms with van der Waals surface area (Å²) in [4.78, 5) is 35.4. The van der Waals surface area contributed by atoms with Crippen LogP contribution in [-0.2, 0) is 38.6 Å². The van der Waals surface area contributed by atoms with E-state index in [2.05, 4.69) is 66.8 Å². The first-order valence-electron chi connectivity index (χ1n) is 22.7. The van der Waals surface area contributed by atoms with Gasteiger partial charge in [0.25, 0.3) is 0 Å². The molecule has 0 aromatic heterocycles. The quantitative estimate of drug-likeness (QED) is 0.0389. The van der Waals surface area contributed by atoms with Crippen LogP contribution in [0.15, 0.2) is 66.8 Å². The van der Waals surface area contributed by atoms with Crippen molar-refractivity contribution in [2.45, 2.75) is 193 Å². The topological polar surface area (TPSA) is 104 Å². The van der Waals surface area contributed by atoms with Gasteiger partial charge in [-0.1, -0.05) is 131 Å². The van der Waals surface area contributed by atoms with Crippen molar-refractivity contribution in [2.24, 2.45) is 0 Å². The Kier molecular flexibility index (Phi) is 34.5. The minimum Gasteiger partial charge on any atom is -0.481 e. The molecule has 0 atom stereocenters. The van der Waals surface area contributed by atoms with E-state index in [-0.39, 0.29) is 5.97 Å². The highest BCUT2D eigenvalue weighted by Crippen LogP contribution is 2.19. The van der Waals surface area contributed by atoms with E-state index in [1.165, 1.54) is 88.2 Å². The number of aryl methyl sites for hydroxylation is 2. The lowest BCUT2D eigenvalue weighted by Gasteiger charge is -2.12. The molecule has 7 nitrogen and oxygen atoms in total. The molecule has 1 aromatic carbocycles. The van der Waals surface area contributed by atoms with Crippen LogP contribution in [0.3, 0.4) is 0 Å². The van der Waals surface area contributed by atoms with Crippen molar-refractivity contribution in [3.05, 3.63) is 83.5 Å². The van der Waals surface area contributed by atoms with E-state index in [0.717, 1.165) is 95.5 Å². The molecule has 0 aliphatic carbocycles. The van der Waals surface area contributed by atoms with Crippen LogP contribution in [0.4, 0.5) is 0 Å². The van der Waals surface area contributed by atoms with Gasteiger partial charge >= 0.3 is 17.9 Å². The Hall–Kier alpha value is -3.45. The highest BCUT2D eigenvalue weighted by molar-refractivity contribution is 5.69. The zero-order valence-corrected chi connectivity index (χ0v) is 36.2. The van der Waals surface area contributed by atoms with Gasteiger partial charge in [-0.15, -0.1) is 0 Å². The summed E-state index contributed by atoms with van der Waals surface area (Å²) in [6.45, 7) is 1.05. The molecule has 0 heterocycles. The van der Waals surface area contributed by atoms with Crippen LogP contribution in [0.25, 0.3) is 0 Å². The number of carboxylic acid groups (broad SMARTS) is 2. The molecule has 0 unspecified atom stereocenters. The van der Waals surface area contributed by atoms with E-state index in [1.54, 1.807) is 0 Å². The Balaban J connectivity index is 2.30. The third kappa shape index (κ3) is 36.6. The first-order chi connectivity index (χ1) is 27.8. The van der Waals surface area contributed by atoms with E-state index >= 15 is 0 Å². The van der Waals surface area contributed by atoms with Crippen LogP contribution in [-0.4, -0.2) is 53.7 Å². The zero-order valence-electron chi connectivity index (χ0n) is 36.2. The lowest BCUT2D eigenvalue weighted by Crippen LogP contribution is -2.18. The second-order valence-electron chi connectivity index (χ2n) is 16.0. The van der Waals surface area contributed by atoms with Gasteiger partial charge in [-0.25, -0.2) is 0 Å². The molecular weight excluding hydrogens is 711 g/mol. The summed E-state index contributed by atoms with van der Waals surface area (Å²) in [7, 11) is 3.94. The molecule has 0 fully saturated rings. The fraction of sp³-hybridized carbons (Fsp3) is 0.660. The predicted molar refractivity (Wildman–Crippen MR) is 239 cm³/mol. The lowest BCUT2D eigenvalue weighted by atomic mass is 9.97. The lowest BCUT2D eigenvalue weighted by molar-refractivity contribution is -0.145. The Bertz CT molecular complexity index is 1200. The maximum atomic E-state index is 12.3. The minimum absolute atomic E-state index is 0.137. The summed E-state index contributed by atoms with van der Waals surface area (Å²) in [5.41, 5.74) is 3.84. The number of carbonyl (C=O) groups is 3. The number of allylic oxidation sites excluding steroid dienone is 8. The number of aliphatic carboxylic acids is 2. The average Bonchev–Trinajstić information content (AvgIpc) is 3.18. The van der Waals surface area contributed by atoms with Gasteiger partial charge in [-0.2, -0.15) is 0 Å². The van der Waals surface area contributed by atoms with Gasteiger partial charge < -0.3 is 19.8 Å². The highest BCUT2D eigenvalue weighted by Gasteiger charge is 2.08. The molecule has 1 aromatic rings. The number of hydrogen-bond acceptors (Lipinski definition) is 5. The second kappa shape index (κ2) is 38.1. The molecule has 0 saturated carbocycles. The van der Waals surface area contributed by atoms with Crippen molar-refractivity contribution < 1.29 is 29.3 Å². The minimum atomic E-state index is -0.687. The third-order valence-electron chi connectivity index (χ3n) is 10.2. The van der Waals surface area contributed by atoms with Crippen molar-refractivity contribution in [3.8, 4) is 0 Å². The SMILES string of the molecule is CN(C)CCC(=O)OCc1cc(CCCCCC/C=C\C/C=C\CCCCCCCC(=O)O)cc(CCCCCC/C=C\C/C=C\CCCCCCCC(=O)O)c1. The van der Waals surface area contributed by atoms with Crippen LogP contribution in [0.2, 0.25) is 0 Å². The van der Waals surface area contributed by atoms with Gasteiger partial charge in [0.2, 0.25) is 0 Å². The van der Waals surface area contributed by atoms with Crippen molar-refractivity contribution in [1.82, 2.24) is 4.90 Å². The van der Waals surface area contributed by atoms with Gasteiger partial charge in [-0.3, -0.25) is 14.4 Å². The van der Waals surface area contributed by atoms with Gasteiger partial charge in [-0.05, 0) is 134 Å². The first-order valence-corrected chi connectivity index (χ1v) is 22.7. The van der Waals surface area contributed by atoms with Gasteiger partial charge in [0.1, 0.15) is 6.61 Å². The third-order valence-corrected chi connectivity index (χ3v) is 10.2. The fourth-order valence-electron chi connectivity index (χ4n) is 6.80. The van der Waals surface area contributed by atoms with E-state index in [9.17, 15) is 14.4 Å². The van der Waals surface area contributed by atoms with Crippen molar-refractivity contribution in [2.75, 3.05) is 20.6 Å². The normalized spacial score (nSPS) is 12.0. The molecule has 0 bridgehead atoms. The Labute approximate surface area is 348 Å². The Morgan fingerprint density at radius 1 is 0.474 bits per heavy atom. The molecule has 0 saturated heterocycles. The van der Waals surface area contributed by atoms with Crippen LogP contribution in [0.5, 0.6) is 0 Å². The van der Waals surface area contributed by atoms with Gasteiger partial charge in [0.15, 0.2) is 0 Å². The summed E-state index contributed by atoms with van der Waals surface area (Å²) >= 11 is 0. The number of ether oxygens (including phenoxy) is 1. The number of unbranched alkanes of at least 4 members (excludes halogenated alkanes) is 18. The summed E-state index contributed by atoms with van der Waals surface area (Å²) in [6, 6.07) is 6.88. The van der Waals surface area contributed by atoms with Crippen molar-refractivity contribution in [3.63, 3.8) is 0 Å². The number of carboxylic acids is 2. The van der Waals surface area contributed by atoms with Crippen LogP contribution in [0, 0.1) is 0 Å². The van der Waals surface area contributed by atoms with Crippen molar-refractivity contribution >= 4 is 17.9 Å². The summed E-state index contributed by atoms with van der Waals surface area (Å²) < 4.78 is 5.66. The van der Waals surface area contributed by atoms with Crippen LogP contribution in [0.1, 0.15) is 190 Å². The molecule has 2 N–H and O–H groups in total. The standard InChI is InChI=1S/C50H81NO6/c1-51(2)40-39-50(56)57-44-47-42-45(35-31-27-23-19-15-11-7-3-5-9-13-17-21-25-29-33-37-48(52)53)41-46(43-47)36-32-28-24-20-16-12-8-4-6-10-14-18-22-26-30-34-38-49(54)55/h5-12,41-43H,3-4,13-40,44H2,1-2H3,(H,52,53)(H,54,55)/b9-5-,10-6-,11-7-,12-8-. The number of esters is 1. The van der Waals surface area contributed by atoms with Gasteiger partial charge in [0, 0.05) is 19.4 Å². The number of rotatable bonds is 39. The fourth-order valence-corrected chi connectivity index (χ4v) is 6.80. The second-order valence-corrected chi connectivity index (χ2v) is 16.0. The van der Waals surface area contributed by atoms with E-state index in [1.807, 2.05) is 19.0 Å². The summed E-state index contributed by atoms with van der Waals surface area (Å²) in [6.07, 6.45) is 48.3. The zero-order chi connectivity index (χ0) is 41.4. The highest BCUT2D eigenvalue weighted by atomic mass is 16.5. The molecule has 0 radical (unpaired) electrons. The molecule has 0 aliphatic heterocycles. The number of benzene rings is 1. The molecular formula is C50H81NO6. The van der Waals surface area contributed by atoms with Crippen LogP contribution < -0.4 is 0 Å². The largest absolute Gasteiger partial charge is 0.481 e. The van der Waals surface area contributed by atoms with Crippen LogP contribution >= 0.6 is 0 Å². The maximum Gasteiger partial charge on any atom is 0.307 e. The average molecular weight is 792 g/mol. The number of nitrogens with zero attached hydrogens (tertiary/aromatic N) is 1. The monoisotopic (exact) mass is 792 g/mol. The van der Waals surface area contributed by atoms with E-state index in [4.69, 9.17) is 14.9 Å². The summed E-state index contributed by atoms with van der Waals surface area (Å²) in [5, 5.41) is 17.4. The first kappa shape index (κ1) is 51.6. The molecule has 57 heavy (non-hydrogen) atoms. The van der Waals surface area contributed by atoms with Crippen molar-refractivity contribution in [1.29, 1.82) is 0 Å². The van der Waals surface area contributed by atoms with E-state index < -0.39 is 11.9 Å². The molecule has 0 amide bonds. The smallest absolute Gasteiger partial charge is 0.307 e. The molecule has 7 heteroatoms. The maximum absolute atomic E-state index is 12.3. The van der Waals surface area contributed by atoms with Gasteiger partial charge in [0.05, 0.1) is 6.42 Å². The number of hydrogen-bond donors (Lipinski definition) is 2. The molecule has 0 spiro atoms. The van der Waals surface area contributed by atoms with E-state index in [0.29, 0.717) is 32.4 Å². The summed E-state index contributed by atoms with van der Waals surface area (Å²) in [5.74, 6) is -1.51. The molecule has 322 valence electrons. The predicted octanol–water partition coefficient (Wildman–Crippen LogP) is 13.3. The molecule has 0 aliphatic rings. The molecule has 1 rings (SSSR count). The number of carbonyl (C=O) groups excluding carboxylic acids is 1.